The van der Waals surface area contributed by atoms with Crippen molar-refractivity contribution >= 4 is 39.4 Å². The van der Waals surface area contributed by atoms with Crippen molar-refractivity contribution in [2.45, 2.75) is 29.8 Å². The Labute approximate surface area is 244 Å². The number of hydrogen-bond donors (Lipinski definition) is 3. The van der Waals surface area contributed by atoms with Crippen molar-refractivity contribution in [2.75, 3.05) is 37.3 Å². The summed E-state index contributed by atoms with van der Waals surface area (Å²) in [5.41, 5.74) is 6.45. The molecule has 2 fully saturated rings. The maximum atomic E-state index is 13.9. The minimum absolute atomic E-state index is 0.104. The first kappa shape index (κ1) is 33.1. The molecular formula is C27H29F3N4O8S. The van der Waals surface area contributed by atoms with Gasteiger partial charge in [0, 0.05) is 68.8 Å². The number of nitrogens with zero attached hydrogens (tertiary/aromatic N) is 3. The molecular weight excluding hydrogens is 597 g/mol. The lowest BCUT2D eigenvalue weighted by atomic mass is 10.0. The van der Waals surface area contributed by atoms with Gasteiger partial charge in [-0.05, 0) is 42.3 Å². The molecule has 16 heteroatoms. The highest BCUT2D eigenvalue weighted by molar-refractivity contribution is 7.90. The van der Waals surface area contributed by atoms with Gasteiger partial charge in [0.05, 0.1) is 10.9 Å². The van der Waals surface area contributed by atoms with E-state index in [-0.39, 0.29) is 47.8 Å². The Hall–Kier alpha value is -4.44. The van der Waals surface area contributed by atoms with Crippen LogP contribution < -0.4 is 10.6 Å². The molecule has 2 heterocycles. The maximum absolute atomic E-state index is 13.9. The Kier molecular flexibility index (Phi) is 10.5. The van der Waals surface area contributed by atoms with Gasteiger partial charge in [0.2, 0.25) is 5.91 Å². The van der Waals surface area contributed by atoms with E-state index in [4.69, 9.17) is 15.9 Å². The van der Waals surface area contributed by atoms with Gasteiger partial charge >= 0.3 is 18.0 Å². The number of urea groups is 1. The molecule has 1 unspecified atom stereocenters. The van der Waals surface area contributed by atoms with Gasteiger partial charge in [-0.15, -0.1) is 0 Å². The molecule has 12 nitrogen and oxygen atoms in total. The fourth-order valence-corrected chi connectivity index (χ4v) is 5.22. The Balaban J connectivity index is 0.000000557. The van der Waals surface area contributed by atoms with E-state index in [2.05, 4.69) is 0 Å². The van der Waals surface area contributed by atoms with Crippen LogP contribution in [0.3, 0.4) is 0 Å². The van der Waals surface area contributed by atoms with Crippen LogP contribution in [-0.4, -0.2) is 96.8 Å². The lowest BCUT2D eigenvalue weighted by molar-refractivity contribution is -0.134. The zero-order chi connectivity index (χ0) is 32.1. The summed E-state index contributed by atoms with van der Waals surface area (Å²) >= 11 is 0. The standard InChI is InChI=1S/C23H25F3N4O4S.C4H4O4/c1-35(33,34)18-4-2-16(3-5-18)30-13-17-12-28(6-7-29(17)23(30)32)22(31)10-15(27)8-14-9-20(25)21(26)11-19(14)24;5-3(6)1-2-4(7)8/h2-5,9,11,15,17H,6-8,10,12-13,27H2,1H3;1-2H,(H,5,6)(H,7,8)/b;2-1+/t15-,17?;/m1./s1. The smallest absolute Gasteiger partial charge is 0.328 e. The van der Waals surface area contributed by atoms with Crippen LogP contribution in [0.2, 0.25) is 0 Å². The number of fused-ring (bicyclic) bond motifs is 1. The van der Waals surface area contributed by atoms with Crippen molar-refractivity contribution < 1.29 is 51.0 Å². The van der Waals surface area contributed by atoms with Crippen LogP contribution in [0.4, 0.5) is 23.7 Å². The number of carbonyl (C=O) groups excluding carboxylic acids is 2. The van der Waals surface area contributed by atoms with E-state index >= 15 is 0 Å². The van der Waals surface area contributed by atoms with Crippen LogP contribution in [0.5, 0.6) is 0 Å². The number of anilines is 1. The van der Waals surface area contributed by atoms with Gasteiger partial charge < -0.3 is 25.7 Å². The maximum Gasteiger partial charge on any atom is 0.328 e. The first-order valence-corrected chi connectivity index (χ1v) is 14.6. The highest BCUT2D eigenvalue weighted by Crippen LogP contribution is 2.28. The number of benzene rings is 2. The number of aliphatic carboxylic acids is 2. The van der Waals surface area contributed by atoms with Crippen molar-refractivity contribution in [3.63, 3.8) is 0 Å². The number of carboxylic acid groups (broad SMARTS) is 2. The highest BCUT2D eigenvalue weighted by Gasteiger charge is 2.42. The molecule has 3 amide bonds. The molecule has 0 radical (unpaired) electrons. The summed E-state index contributed by atoms with van der Waals surface area (Å²) in [7, 11) is -3.36. The predicted molar refractivity (Wildman–Crippen MR) is 146 cm³/mol. The summed E-state index contributed by atoms with van der Waals surface area (Å²) in [6.45, 7) is 1.23. The number of carbonyl (C=O) groups is 4. The lowest BCUT2D eigenvalue weighted by Crippen LogP contribution is -2.54. The lowest BCUT2D eigenvalue weighted by Gasteiger charge is -2.36. The van der Waals surface area contributed by atoms with E-state index < -0.39 is 45.3 Å². The topological polar surface area (TPSA) is 179 Å². The molecule has 0 saturated carbocycles. The number of sulfone groups is 1. The number of carboxylic acids is 2. The normalized spacial score (nSPS) is 17.4. The molecule has 2 aromatic rings. The van der Waals surface area contributed by atoms with Gasteiger partial charge in [0.25, 0.3) is 0 Å². The van der Waals surface area contributed by atoms with E-state index in [0.29, 0.717) is 43.5 Å². The summed E-state index contributed by atoms with van der Waals surface area (Å²) < 4.78 is 63.8. The second-order valence-electron chi connectivity index (χ2n) is 9.88. The Morgan fingerprint density at radius 2 is 1.56 bits per heavy atom. The molecule has 2 aliphatic heterocycles. The molecule has 0 aliphatic carbocycles. The van der Waals surface area contributed by atoms with Crippen LogP contribution in [0, 0.1) is 17.5 Å². The molecule has 2 aromatic carbocycles. The van der Waals surface area contributed by atoms with Crippen LogP contribution in [0.15, 0.2) is 53.4 Å². The fourth-order valence-electron chi connectivity index (χ4n) is 4.59. The van der Waals surface area contributed by atoms with Crippen LogP contribution in [0.25, 0.3) is 0 Å². The number of halogens is 3. The number of nitrogens with two attached hydrogens (primary N) is 1. The second kappa shape index (κ2) is 13.7. The summed E-state index contributed by atoms with van der Waals surface area (Å²) in [6.07, 6.45) is 1.98. The zero-order valence-corrected chi connectivity index (χ0v) is 23.6. The molecule has 43 heavy (non-hydrogen) atoms. The van der Waals surface area contributed by atoms with E-state index in [1.54, 1.807) is 26.8 Å². The number of piperazine rings is 1. The summed E-state index contributed by atoms with van der Waals surface area (Å²) in [6, 6.07) is 5.97. The highest BCUT2D eigenvalue weighted by atomic mass is 32.2. The first-order valence-electron chi connectivity index (χ1n) is 12.8. The fraction of sp³-hybridized carbons (Fsp3) is 0.333. The second-order valence-corrected chi connectivity index (χ2v) is 11.9. The van der Waals surface area contributed by atoms with Crippen molar-refractivity contribution in [2.24, 2.45) is 5.73 Å². The molecule has 2 saturated heterocycles. The van der Waals surface area contributed by atoms with Crippen molar-refractivity contribution in [1.82, 2.24) is 9.80 Å². The molecule has 2 aliphatic rings. The monoisotopic (exact) mass is 626 g/mol. The van der Waals surface area contributed by atoms with Gasteiger partial charge in [-0.25, -0.2) is 36.0 Å². The van der Waals surface area contributed by atoms with Gasteiger partial charge in [-0.2, -0.15) is 0 Å². The van der Waals surface area contributed by atoms with Crippen molar-refractivity contribution in [3.8, 4) is 0 Å². The molecule has 4 N–H and O–H groups in total. The number of rotatable bonds is 8. The third kappa shape index (κ3) is 8.78. The van der Waals surface area contributed by atoms with E-state index in [1.165, 1.54) is 12.1 Å². The number of hydrogen-bond acceptors (Lipinski definition) is 7. The molecule has 0 aromatic heterocycles. The summed E-state index contributed by atoms with van der Waals surface area (Å²) in [5, 5.41) is 15.6. The van der Waals surface area contributed by atoms with E-state index in [1.807, 2.05) is 0 Å². The van der Waals surface area contributed by atoms with E-state index in [0.717, 1.165) is 12.3 Å². The third-order valence-electron chi connectivity index (χ3n) is 6.66. The largest absolute Gasteiger partial charge is 0.478 e. The third-order valence-corrected chi connectivity index (χ3v) is 7.79. The average molecular weight is 627 g/mol. The van der Waals surface area contributed by atoms with Gasteiger partial charge in [0.15, 0.2) is 21.5 Å². The minimum atomic E-state index is -3.36. The molecule has 2 atom stereocenters. The number of amides is 3. The summed E-state index contributed by atoms with van der Waals surface area (Å²) in [5.74, 6) is -6.18. The Morgan fingerprint density at radius 1 is 0.977 bits per heavy atom. The van der Waals surface area contributed by atoms with Crippen LogP contribution >= 0.6 is 0 Å². The predicted octanol–water partition coefficient (Wildman–Crippen LogP) is 1.63. The molecule has 0 bridgehead atoms. The molecule has 0 spiro atoms. The average Bonchev–Trinajstić information content (AvgIpc) is 3.26. The zero-order valence-electron chi connectivity index (χ0n) is 22.8. The SMILES string of the molecule is CS(=O)(=O)c1ccc(N2CC3CN(C(=O)C[C@H](N)Cc4cc(F)c(F)cc4F)CCN3C2=O)cc1.O=C(O)/C=C/C(=O)O. The molecule has 232 valence electrons. The molecule has 4 rings (SSSR count). The Morgan fingerprint density at radius 3 is 2.12 bits per heavy atom. The van der Waals surface area contributed by atoms with Gasteiger partial charge in [-0.3, -0.25) is 9.69 Å². The summed E-state index contributed by atoms with van der Waals surface area (Å²) in [4.78, 5) is 49.7. The Bertz CT molecular complexity index is 1520. The van der Waals surface area contributed by atoms with Gasteiger partial charge in [0.1, 0.15) is 5.82 Å². The van der Waals surface area contributed by atoms with Crippen molar-refractivity contribution in [3.05, 3.63) is 71.6 Å². The first-order chi connectivity index (χ1) is 20.1. The van der Waals surface area contributed by atoms with Crippen LogP contribution in [0.1, 0.15) is 12.0 Å². The van der Waals surface area contributed by atoms with Crippen molar-refractivity contribution in [1.29, 1.82) is 0 Å². The quantitative estimate of drug-likeness (QED) is 0.290. The van der Waals surface area contributed by atoms with Gasteiger partial charge in [-0.1, -0.05) is 0 Å². The van der Waals surface area contributed by atoms with Crippen LogP contribution in [-0.2, 0) is 30.6 Å². The van der Waals surface area contributed by atoms with E-state index in [9.17, 15) is 40.8 Å². The minimum Gasteiger partial charge on any atom is -0.478 e.